The molecule has 1 aliphatic rings. The van der Waals surface area contributed by atoms with E-state index in [0.29, 0.717) is 11.6 Å². The minimum absolute atomic E-state index is 0.126. The van der Waals surface area contributed by atoms with Crippen LogP contribution >= 0.6 is 0 Å². The summed E-state index contributed by atoms with van der Waals surface area (Å²) < 4.78 is 13.4. The second kappa shape index (κ2) is 5.86. The van der Waals surface area contributed by atoms with Gasteiger partial charge >= 0.3 is 0 Å². The highest BCUT2D eigenvalue weighted by molar-refractivity contribution is 5.57. The Labute approximate surface area is 108 Å². The predicted molar refractivity (Wildman–Crippen MR) is 70.7 cm³/mol. The highest BCUT2D eigenvalue weighted by atomic mass is 19.1. The van der Waals surface area contributed by atoms with Crippen LogP contribution in [0.2, 0.25) is 0 Å². The maximum Gasteiger partial charge on any atom is 0.143 e. The SMILES string of the molecule is CC1CCCC(CNc2cccc(F)c2C#N)C1. The topological polar surface area (TPSA) is 35.8 Å². The van der Waals surface area contributed by atoms with Crippen LogP contribution in [-0.2, 0) is 0 Å². The third-order valence-corrected chi connectivity index (χ3v) is 3.75. The third kappa shape index (κ3) is 3.01. The number of nitrogens with zero attached hydrogens (tertiary/aromatic N) is 1. The molecule has 2 unspecified atom stereocenters. The monoisotopic (exact) mass is 246 g/mol. The lowest BCUT2D eigenvalue weighted by atomic mass is 9.82. The zero-order valence-corrected chi connectivity index (χ0v) is 10.7. The fourth-order valence-electron chi connectivity index (χ4n) is 2.78. The molecule has 1 N–H and O–H groups in total. The molecule has 2 atom stereocenters. The van der Waals surface area contributed by atoms with Gasteiger partial charge in [0, 0.05) is 6.54 Å². The molecule has 1 fully saturated rings. The lowest BCUT2D eigenvalue weighted by Crippen LogP contribution is -2.21. The summed E-state index contributed by atoms with van der Waals surface area (Å²) >= 11 is 0. The van der Waals surface area contributed by atoms with Crippen molar-refractivity contribution in [3.63, 3.8) is 0 Å². The molecular weight excluding hydrogens is 227 g/mol. The van der Waals surface area contributed by atoms with Gasteiger partial charge in [-0.1, -0.05) is 25.8 Å². The van der Waals surface area contributed by atoms with E-state index in [9.17, 15) is 4.39 Å². The van der Waals surface area contributed by atoms with Crippen LogP contribution in [0.1, 0.15) is 38.2 Å². The van der Waals surface area contributed by atoms with Crippen LogP contribution in [0.15, 0.2) is 18.2 Å². The molecule has 18 heavy (non-hydrogen) atoms. The standard InChI is InChI=1S/C15H19FN2/c1-11-4-2-5-12(8-11)10-18-15-7-3-6-14(16)13(15)9-17/h3,6-7,11-12,18H,2,4-5,8,10H2,1H3. The van der Waals surface area contributed by atoms with Crippen molar-refractivity contribution >= 4 is 5.69 Å². The van der Waals surface area contributed by atoms with Gasteiger partial charge in [0.25, 0.3) is 0 Å². The predicted octanol–water partition coefficient (Wildman–Crippen LogP) is 3.94. The van der Waals surface area contributed by atoms with Gasteiger partial charge in [-0.3, -0.25) is 0 Å². The number of nitriles is 1. The summed E-state index contributed by atoms with van der Waals surface area (Å²) in [5.41, 5.74) is 0.747. The summed E-state index contributed by atoms with van der Waals surface area (Å²) in [7, 11) is 0. The first-order valence-corrected chi connectivity index (χ1v) is 6.63. The Morgan fingerprint density at radius 2 is 2.28 bits per heavy atom. The van der Waals surface area contributed by atoms with Crippen LogP contribution in [0.25, 0.3) is 0 Å². The van der Waals surface area contributed by atoms with E-state index in [1.165, 1.54) is 31.7 Å². The quantitative estimate of drug-likeness (QED) is 0.877. The van der Waals surface area contributed by atoms with Crippen LogP contribution in [0.5, 0.6) is 0 Å². The molecule has 1 saturated carbocycles. The van der Waals surface area contributed by atoms with Gasteiger partial charge in [0.15, 0.2) is 0 Å². The van der Waals surface area contributed by atoms with Gasteiger partial charge in [0.05, 0.1) is 5.69 Å². The number of nitrogens with one attached hydrogen (secondary N) is 1. The first-order valence-electron chi connectivity index (χ1n) is 6.63. The van der Waals surface area contributed by atoms with Crippen LogP contribution < -0.4 is 5.32 Å². The van der Waals surface area contributed by atoms with Crippen molar-refractivity contribution in [3.8, 4) is 6.07 Å². The minimum Gasteiger partial charge on any atom is -0.384 e. The summed E-state index contributed by atoms with van der Waals surface area (Å²) in [6.45, 7) is 3.12. The van der Waals surface area contributed by atoms with E-state index in [2.05, 4.69) is 12.2 Å². The molecule has 1 aliphatic carbocycles. The molecule has 1 aromatic rings. The molecule has 0 radical (unpaired) electrons. The maximum absolute atomic E-state index is 13.4. The van der Waals surface area contributed by atoms with Gasteiger partial charge in [-0.25, -0.2) is 4.39 Å². The van der Waals surface area contributed by atoms with Crippen molar-refractivity contribution in [2.24, 2.45) is 11.8 Å². The first kappa shape index (κ1) is 12.9. The summed E-state index contributed by atoms with van der Waals surface area (Å²) in [4.78, 5) is 0. The van der Waals surface area contributed by atoms with Crippen molar-refractivity contribution in [2.45, 2.75) is 32.6 Å². The van der Waals surface area contributed by atoms with Crippen LogP contribution in [-0.4, -0.2) is 6.54 Å². The van der Waals surface area contributed by atoms with Gasteiger partial charge in [-0.05, 0) is 36.8 Å². The molecule has 0 bridgehead atoms. The largest absolute Gasteiger partial charge is 0.384 e. The molecule has 2 nitrogen and oxygen atoms in total. The Kier molecular flexibility index (Phi) is 4.19. The number of hydrogen-bond donors (Lipinski definition) is 1. The van der Waals surface area contributed by atoms with Gasteiger partial charge in [-0.2, -0.15) is 5.26 Å². The van der Waals surface area contributed by atoms with Crippen molar-refractivity contribution in [3.05, 3.63) is 29.6 Å². The van der Waals surface area contributed by atoms with E-state index in [-0.39, 0.29) is 5.56 Å². The second-order valence-electron chi connectivity index (χ2n) is 5.29. The molecule has 1 aromatic carbocycles. The van der Waals surface area contributed by atoms with E-state index in [1.54, 1.807) is 12.1 Å². The molecule has 0 aliphatic heterocycles. The molecule has 0 saturated heterocycles. The van der Waals surface area contributed by atoms with Gasteiger partial charge in [0.1, 0.15) is 17.4 Å². The highest BCUT2D eigenvalue weighted by Crippen LogP contribution is 2.29. The number of halogens is 1. The Balaban J connectivity index is 1.98. The lowest BCUT2D eigenvalue weighted by molar-refractivity contribution is 0.293. The molecule has 0 amide bonds. The van der Waals surface area contributed by atoms with Crippen LogP contribution in [0.4, 0.5) is 10.1 Å². The van der Waals surface area contributed by atoms with Crippen molar-refractivity contribution in [1.82, 2.24) is 0 Å². The van der Waals surface area contributed by atoms with E-state index in [1.807, 2.05) is 6.07 Å². The van der Waals surface area contributed by atoms with Crippen LogP contribution in [0.3, 0.4) is 0 Å². The molecule has 0 spiro atoms. The van der Waals surface area contributed by atoms with Crippen molar-refractivity contribution in [1.29, 1.82) is 5.26 Å². The van der Waals surface area contributed by atoms with E-state index >= 15 is 0 Å². The maximum atomic E-state index is 13.4. The molecule has 96 valence electrons. The zero-order chi connectivity index (χ0) is 13.0. The molecule has 3 heteroatoms. The molecule has 2 rings (SSSR count). The van der Waals surface area contributed by atoms with Gasteiger partial charge < -0.3 is 5.32 Å². The van der Waals surface area contributed by atoms with Gasteiger partial charge in [0.2, 0.25) is 0 Å². The Morgan fingerprint density at radius 1 is 1.44 bits per heavy atom. The van der Waals surface area contributed by atoms with Crippen molar-refractivity contribution in [2.75, 3.05) is 11.9 Å². The van der Waals surface area contributed by atoms with Crippen molar-refractivity contribution < 1.29 is 4.39 Å². The molecule has 0 heterocycles. The minimum atomic E-state index is -0.445. The fraction of sp³-hybridized carbons (Fsp3) is 0.533. The number of anilines is 1. The number of hydrogen-bond acceptors (Lipinski definition) is 2. The average molecular weight is 246 g/mol. The summed E-state index contributed by atoms with van der Waals surface area (Å²) in [6, 6.07) is 6.66. The Bertz CT molecular complexity index is 450. The lowest BCUT2D eigenvalue weighted by Gasteiger charge is -2.27. The first-order chi connectivity index (χ1) is 8.70. The highest BCUT2D eigenvalue weighted by Gasteiger charge is 2.19. The smallest absolute Gasteiger partial charge is 0.143 e. The molecular formula is C15H19FN2. The Morgan fingerprint density at radius 3 is 3.00 bits per heavy atom. The van der Waals surface area contributed by atoms with E-state index in [0.717, 1.165) is 12.5 Å². The van der Waals surface area contributed by atoms with Gasteiger partial charge in [-0.15, -0.1) is 0 Å². The normalized spacial score (nSPS) is 23.4. The van der Waals surface area contributed by atoms with Crippen LogP contribution in [0, 0.1) is 29.0 Å². The molecule has 0 aromatic heterocycles. The number of benzene rings is 1. The second-order valence-corrected chi connectivity index (χ2v) is 5.29. The summed E-state index contributed by atoms with van der Waals surface area (Å²) in [5.74, 6) is 0.983. The third-order valence-electron chi connectivity index (χ3n) is 3.75. The average Bonchev–Trinajstić information content (AvgIpc) is 2.36. The summed E-state index contributed by atoms with van der Waals surface area (Å²) in [6.07, 6.45) is 5.06. The van der Waals surface area contributed by atoms with E-state index < -0.39 is 5.82 Å². The Hall–Kier alpha value is -1.56. The summed E-state index contributed by atoms with van der Waals surface area (Å²) in [5, 5.41) is 12.2. The van der Waals surface area contributed by atoms with E-state index in [4.69, 9.17) is 5.26 Å². The fourth-order valence-corrected chi connectivity index (χ4v) is 2.78. The number of rotatable bonds is 3. The zero-order valence-electron chi connectivity index (χ0n) is 10.7.